The second kappa shape index (κ2) is 3.04. The van der Waals surface area contributed by atoms with Crippen LogP contribution in [-0.4, -0.2) is 32.2 Å². The van der Waals surface area contributed by atoms with Crippen LogP contribution < -0.4 is 0 Å². The highest BCUT2D eigenvalue weighted by Crippen LogP contribution is 2.16. The van der Waals surface area contributed by atoms with E-state index in [4.69, 9.17) is 5.11 Å². The van der Waals surface area contributed by atoms with Crippen LogP contribution in [0.1, 0.15) is 10.5 Å². The summed E-state index contributed by atoms with van der Waals surface area (Å²) < 4.78 is 35.6. The van der Waals surface area contributed by atoms with Gasteiger partial charge >= 0.3 is 12.1 Å². The highest BCUT2D eigenvalue weighted by Gasteiger charge is 2.29. The smallest absolute Gasteiger partial charge is 0.408 e. The molecule has 1 aromatic rings. The number of halogens is 3. The number of rotatable bonds is 2. The number of carbonyl (C=O) groups is 1. The average Bonchev–Trinajstić information content (AvgIpc) is 2.31. The predicted molar refractivity (Wildman–Crippen MR) is 33.0 cm³/mol. The van der Waals surface area contributed by atoms with Crippen molar-refractivity contribution in [1.29, 1.82) is 0 Å². The van der Waals surface area contributed by atoms with Crippen LogP contribution in [0.4, 0.5) is 13.2 Å². The summed E-state index contributed by atoms with van der Waals surface area (Å²) in [5.74, 6) is -1.41. The van der Waals surface area contributed by atoms with Gasteiger partial charge in [-0.05, 0) is 0 Å². The highest BCUT2D eigenvalue weighted by molar-refractivity contribution is 5.84. The molecule has 0 unspecified atom stereocenters. The third-order valence-corrected chi connectivity index (χ3v) is 1.10. The molecule has 0 aliphatic rings. The summed E-state index contributed by atoms with van der Waals surface area (Å²) in [5.41, 5.74) is -0.510. The van der Waals surface area contributed by atoms with Gasteiger partial charge in [-0.3, -0.25) is 0 Å². The average molecular weight is 195 g/mol. The van der Waals surface area contributed by atoms with Gasteiger partial charge in [0.1, 0.15) is 6.54 Å². The van der Waals surface area contributed by atoms with E-state index in [1.54, 1.807) is 0 Å². The lowest BCUT2D eigenvalue weighted by Gasteiger charge is -2.03. The third-order valence-electron chi connectivity index (χ3n) is 1.10. The van der Waals surface area contributed by atoms with Crippen LogP contribution in [0.3, 0.4) is 0 Å². The van der Waals surface area contributed by atoms with Gasteiger partial charge in [0.25, 0.3) is 0 Å². The Balaban J connectivity index is 2.75. The van der Waals surface area contributed by atoms with Crippen molar-refractivity contribution in [1.82, 2.24) is 15.0 Å². The van der Waals surface area contributed by atoms with Crippen LogP contribution >= 0.6 is 0 Å². The van der Waals surface area contributed by atoms with Gasteiger partial charge in [0.05, 0.1) is 6.20 Å². The number of hydrogen-bond acceptors (Lipinski definition) is 3. The predicted octanol–water partition coefficient (Wildman–Crippen LogP) is 0.539. The maximum absolute atomic E-state index is 11.7. The van der Waals surface area contributed by atoms with E-state index in [9.17, 15) is 18.0 Å². The number of aromatic carboxylic acids is 1. The third kappa shape index (κ3) is 2.73. The van der Waals surface area contributed by atoms with Crippen molar-refractivity contribution in [2.45, 2.75) is 12.7 Å². The minimum Gasteiger partial charge on any atom is -0.476 e. The fourth-order valence-corrected chi connectivity index (χ4v) is 0.657. The lowest BCUT2D eigenvalue weighted by atomic mass is 10.5. The van der Waals surface area contributed by atoms with Gasteiger partial charge in [-0.25, -0.2) is 9.48 Å². The molecule has 0 fully saturated rings. The molecule has 1 N–H and O–H groups in total. The molecule has 1 rings (SSSR count). The van der Waals surface area contributed by atoms with E-state index in [0.717, 1.165) is 6.20 Å². The van der Waals surface area contributed by atoms with Crippen LogP contribution in [0, 0.1) is 0 Å². The molecule has 5 nitrogen and oxygen atoms in total. The summed E-state index contributed by atoms with van der Waals surface area (Å²) in [6.07, 6.45) is -3.71. The summed E-state index contributed by atoms with van der Waals surface area (Å²) in [6, 6.07) is 0. The summed E-state index contributed by atoms with van der Waals surface area (Å²) in [7, 11) is 0. The molecule has 0 saturated carbocycles. The molecule has 1 aromatic heterocycles. The Kier molecular flexibility index (Phi) is 2.22. The molecule has 0 amide bonds. The molecule has 0 spiro atoms. The lowest BCUT2D eigenvalue weighted by Crippen LogP contribution is -2.18. The molecule has 0 aromatic carbocycles. The van der Waals surface area contributed by atoms with Crippen LogP contribution in [-0.2, 0) is 6.54 Å². The summed E-state index contributed by atoms with van der Waals surface area (Å²) in [5, 5.41) is 14.3. The molecule has 1 heterocycles. The zero-order valence-electron chi connectivity index (χ0n) is 6.12. The second-order valence-corrected chi connectivity index (χ2v) is 2.22. The second-order valence-electron chi connectivity index (χ2n) is 2.22. The molecule has 8 heteroatoms. The number of alkyl halides is 3. The molecule has 0 atom stereocenters. The quantitative estimate of drug-likeness (QED) is 0.747. The fourth-order valence-electron chi connectivity index (χ4n) is 0.657. The van der Waals surface area contributed by atoms with E-state index in [2.05, 4.69) is 10.3 Å². The normalized spacial score (nSPS) is 11.6. The molecule has 0 aliphatic carbocycles. The largest absolute Gasteiger partial charge is 0.476 e. The lowest BCUT2D eigenvalue weighted by molar-refractivity contribution is -0.142. The van der Waals surface area contributed by atoms with Gasteiger partial charge in [-0.1, -0.05) is 5.21 Å². The topological polar surface area (TPSA) is 68.0 Å². The Morgan fingerprint density at radius 2 is 2.23 bits per heavy atom. The maximum Gasteiger partial charge on any atom is 0.408 e. The van der Waals surface area contributed by atoms with Crippen molar-refractivity contribution < 1.29 is 23.1 Å². The minimum absolute atomic E-state index is 0.420. The van der Waals surface area contributed by atoms with Gasteiger partial charge in [0.2, 0.25) is 0 Å². The molecule has 0 aliphatic heterocycles. The summed E-state index contributed by atoms with van der Waals surface area (Å²) in [6.45, 7) is -1.34. The minimum atomic E-state index is -4.43. The Morgan fingerprint density at radius 1 is 1.62 bits per heavy atom. The Morgan fingerprint density at radius 3 is 2.62 bits per heavy atom. The SMILES string of the molecule is O=C(O)c1cn(CC(F)(F)F)nn1. The molecule has 72 valence electrons. The highest BCUT2D eigenvalue weighted by atomic mass is 19.4. The molecule has 0 saturated heterocycles. The molecular weight excluding hydrogens is 191 g/mol. The number of carboxylic acids is 1. The number of carboxylic acid groups (broad SMARTS) is 1. The van der Waals surface area contributed by atoms with Crippen molar-refractivity contribution in [3.05, 3.63) is 11.9 Å². The fraction of sp³-hybridized carbons (Fsp3) is 0.400. The number of hydrogen-bond donors (Lipinski definition) is 1. The van der Waals surface area contributed by atoms with Crippen molar-refractivity contribution in [3.63, 3.8) is 0 Å². The van der Waals surface area contributed by atoms with E-state index in [1.807, 2.05) is 0 Å². The Bertz CT molecular complexity index is 319. The Labute approximate surface area is 69.8 Å². The molecular formula is C5H4F3N3O2. The number of nitrogens with zero attached hydrogens (tertiary/aromatic N) is 3. The Hall–Kier alpha value is -1.60. The monoisotopic (exact) mass is 195 g/mol. The van der Waals surface area contributed by atoms with Crippen molar-refractivity contribution in [3.8, 4) is 0 Å². The molecule has 0 radical (unpaired) electrons. The van der Waals surface area contributed by atoms with Crippen molar-refractivity contribution in [2.75, 3.05) is 0 Å². The van der Waals surface area contributed by atoms with E-state index >= 15 is 0 Å². The van der Waals surface area contributed by atoms with E-state index in [1.165, 1.54) is 0 Å². The van der Waals surface area contributed by atoms with E-state index < -0.39 is 24.4 Å². The van der Waals surface area contributed by atoms with Crippen LogP contribution in [0.2, 0.25) is 0 Å². The van der Waals surface area contributed by atoms with E-state index in [-0.39, 0.29) is 0 Å². The first-order valence-electron chi connectivity index (χ1n) is 3.08. The van der Waals surface area contributed by atoms with Crippen LogP contribution in [0.5, 0.6) is 0 Å². The zero-order valence-corrected chi connectivity index (χ0v) is 6.12. The first kappa shape index (κ1) is 9.49. The van der Waals surface area contributed by atoms with Gasteiger partial charge in [-0.2, -0.15) is 13.2 Å². The molecule has 0 bridgehead atoms. The van der Waals surface area contributed by atoms with Crippen LogP contribution in [0.15, 0.2) is 6.20 Å². The first-order chi connectivity index (χ1) is 5.88. The zero-order chi connectivity index (χ0) is 10.1. The maximum atomic E-state index is 11.7. The first-order valence-corrected chi connectivity index (χ1v) is 3.08. The standard InChI is InChI=1S/C5H4F3N3O2/c6-5(7,8)2-11-1-3(4(12)13)9-10-11/h1H,2H2,(H,12,13). The van der Waals surface area contributed by atoms with Crippen molar-refractivity contribution >= 4 is 5.97 Å². The number of aromatic nitrogens is 3. The summed E-state index contributed by atoms with van der Waals surface area (Å²) in [4.78, 5) is 10.2. The van der Waals surface area contributed by atoms with Gasteiger partial charge in [0.15, 0.2) is 5.69 Å². The van der Waals surface area contributed by atoms with Gasteiger partial charge < -0.3 is 5.11 Å². The van der Waals surface area contributed by atoms with Gasteiger partial charge in [0, 0.05) is 0 Å². The van der Waals surface area contributed by atoms with Gasteiger partial charge in [-0.15, -0.1) is 5.10 Å². The van der Waals surface area contributed by atoms with Crippen LogP contribution in [0.25, 0.3) is 0 Å². The summed E-state index contributed by atoms with van der Waals surface area (Å²) >= 11 is 0. The molecule has 13 heavy (non-hydrogen) atoms. The van der Waals surface area contributed by atoms with E-state index in [0.29, 0.717) is 4.68 Å². The van der Waals surface area contributed by atoms with Crippen molar-refractivity contribution in [2.24, 2.45) is 0 Å².